The van der Waals surface area contributed by atoms with Gasteiger partial charge in [-0.1, -0.05) is 30.3 Å². The molecule has 0 spiro atoms. The fourth-order valence-electron chi connectivity index (χ4n) is 3.16. The lowest BCUT2D eigenvalue weighted by atomic mass is 10.0. The van der Waals surface area contributed by atoms with Crippen LogP contribution in [-0.2, 0) is 21.2 Å². The zero-order chi connectivity index (χ0) is 26.3. The Morgan fingerprint density at radius 1 is 1.06 bits per heavy atom. The highest BCUT2D eigenvalue weighted by atomic mass is 32.2. The van der Waals surface area contributed by atoms with Gasteiger partial charge >= 0.3 is 0 Å². The minimum absolute atomic E-state index is 0.173. The number of hydrogen-bond donors (Lipinski definition) is 3. The minimum Gasteiger partial charge on any atom is -0.340 e. The molecule has 0 aliphatic rings. The fraction of sp³-hybridized carbons (Fsp3) is 0.200. The molecule has 0 aliphatic heterocycles. The van der Waals surface area contributed by atoms with Gasteiger partial charge in [0.05, 0.1) is 18.0 Å². The summed E-state index contributed by atoms with van der Waals surface area (Å²) in [6.45, 7) is 2.82. The lowest BCUT2D eigenvalue weighted by molar-refractivity contribution is -0.118. The van der Waals surface area contributed by atoms with Gasteiger partial charge in [0.2, 0.25) is 5.91 Å². The largest absolute Gasteiger partial charge is 0.340 e. The summed E-state index contributed by atoms with van der Waals surface area (Å²) in [5, 5.41) is 14.0. The molecular weight excluding hydrogens is 485 g/mol. The highest BCUT2D eigenvalue weighted by Crippen LogP contribution is 2.15. The van der Waals surface area contributed by atoms with Crippen molar-refractivity contribution in [2.24, 2.45) is 0 Å². The van der Waals surface area contributed by atoms with Crippen molar-refractivity contribution in [1.29, 1.82) is 5.26 Å². The lowest BCUT2D eigenvalue weighted by Gasteiger charge is -2.19. The Kier molecular flexibility index (Phi) is 8.14. The molecule has 3 N–H and O–H groups in total. The van der Waals surface area contributed by atoms with Gasteiger partial charge in [-0.05, 0) is 55.8 Å². The highest BCUT2D eigenvalue weighted by molar-refractivity contribution is 7.89. The molecule has 1 heterocycles. The van der Waals surface area contributed by atoms with Crippen LogP contribution in [0, 0.1) is 17.1 Å². The van der Waals surface area contributed by atoms with Gasteiger partial charge in [-0.25, -0.2) is 17.8 Å². The normalized spacial score (nSPS) is 12.3. The van der Waals surface area contributed by atoms with Gasteiger partial charge < -0.3 is 10.6 Å². The molecule has 9 nitrogen and oxygen atoms in total. The number of pyridine rings is 1. The Hall–Kier alpha value is -4.14. The van der Waals surface area contributed by atoms with Gasteiger partial charge in [0.1, 0.15) is 17.4 Å². The summed E-state index contributed by atoms with van der Waals surface area (Å²) < 4.78 is 40.3. The molecule has 36 heavy (non-hydrogen) atoms. The van der Waals surface area contributed by atoms with Gasteiger partial charge in [-0.2, -0.15) is 9.98 Å². The van der Waals surface area contributed by atoms with E-state index in [1.165, 1.54) is 38.1 Å². The van der Waals surface area contributed by atoms with Crippen LogP contribution in [0.3, 0.4) is 0 Å². The predicted octanol–water partition coefficient (Wildman–Crippen LogP) is 2.78. The average Bonchev–Trinajstić information content (AvgIpc) is 2.84. The van der Waals surface area contributed by atoms with Gasteiger partial charge in [0.15, 0.2) is 5.03 Å². The van der Waals surface area contributed by atoms with Crippen molar-refractivity contribution in [2.75, 3.05) is 5.32 Å². The zero-order valence-electron chi connectivity index (χ0n) is 19.5. The van der Waals surface area contributed by atoms with E-state index in [1.54, 1.807) is 24.3 Å². The maximum atomic E-state index is 13.2. The monoisotopic (exact) mass is 509 g/mol. The predicted molar refractivity (Wildman–Crippen MR) is 131 cm³/mol. The fourth-order valence-corrected chi connectivity index (χ4v) is 4.42. The number of sulfonamides is 1. The van der Waals surface area contributed by atoms with Crippen molar-refractivity contribution in [3.05, 3.63) is 89.9 Å². The SMILES string of the molecule is CC(C)(C#N)NS(=O)(=O)c1ccc(NC(=O)[C@H](Cc2ccccc2)NC(=O)c2ccc(F)cc2)cn1. The third-order valence-corrected chi connectivity index (χ3v) is 6.53. The second-order valence-corrected chi connectivity index (χ2v) is 10.1. The van der Waals surface area contributed by atoms with Gasteiger partial charge in [0, 0.05) is 12.0 Å². The summed E-state index contributed by atoms with van der Waals surface area (Å²) in [7, 11) is -4.06. The summed E-state index contributed by atoms with van der Waals surface area (Å²) >= 11 is 0. The van der Waals surface area contributed by atoms with Crippen LogP contribution >= 0.6 is 0 Å². The van der Waals surface area contributed by atoms with E-state index in [2.05, 4.69) is 20.3 Å². The number of benzene rings is 2. The molecule has 3 rings (SSSR count). The second kappa shape index (κ2) is 11.1. The van der Waals surface area contributed by atoms with Crippen LogP contribution < -0.4 is 15.4 Å². The summed E-state index contributed by atoms with van der Waals surface area (Å²) in [5.74, 6) is -1.61. The summed E-state index contributed by atoms with van der Waals surface area (Å²) in [4.78, 5) is 29.6. The van der Waals surface area contributed by atoms with E-state index >= 15 is 0 Å². The average molecular weight is 510 g/mol. The quantitative estimate of drug-likeness (QED) is 0.405. The molecule has 0 aliphatic carbocycles. The number of nitriles is 1. The number of aromatic nitrogens is 1. The highest BCUT2D eigenvalue weighted by Gasteiger charge is 2.27. The van der Waals surface area contributed by atoms with Crippen LogP contribution in [0.1, 0.15) is 29.8 Å². The number of nitrogens with zero attached hydrogens (tertiary/aromatic N) is 2. The van der Waals surface area contributed by atoms with Crippen molar-refractivity contribution in [1.82, 2.24) is 15.0 Å². The Morgan fingerprint density at radius 2 is 1.72 bits per heavy atom. The van der Waals surface area contributed by atoms with Gasteiger partial charge in [0.25, 0.3) is 15.9 Å². The molecule has 0 radical (unpaired) electrons. The number of carbonyl (C=O) groups is 2. The Morgan fingerprint density at radius 3 is 2.31 bits per heavy atom. The van der Waals surface area contributed by atoms with Crippen LogP contribution in [0.4, 0.5) is 10.1 Å². The van der Waals surface area contributed by atoms with Crippen molar-refractivity contribution >= 4 is 27.5 Å². The maximum absolute atomic E-state index is 13.2. The molecular formula is C25H24FN5O4S. The van der Waals surface area contributed by atoms with Crippen molar-refractivity contribution in [3.63, 3.8) is 0 Å². The zero-order valence-corrected chi connectivity index (χ0v) is 20.3. The number of amides is 2. The van der Waals surface area contributed by atoms with Crippen molar-refractivity contribution < 1.29 is 22.4 Å². The first-order valence-electron chi connectivity index (χ1n) is 10.8. The number of carbonyl (C=O) groups excluding carboxylic acids is 2. The Labute approximate surface area is 208 Å². The molecule has 0 unspecified atom stereocenters. The summed E-state index contributed by atoms with van der Waals surface area (Å²) in [6.07, 6.45) is 1.33. The first kappa shape index (κ1) is 26.5. The third-order valence-electron chi connectivity index (χ3n) is 4.96. The van der Waals surface area contributed by atoms with E-state index in [4.69, 9.17) is 5.26 Å². The molecule has 186 valence electrons. The van der Waals surface area contributed by atoms with E-state index in [9.17, 15) is 22.4 Å². The van der Waals surface area contributed by atoms with Crippen LogP contribution in [0.15, 0.2) is 78.0 Å². The molecule has 3 aromatic rings. The second-order valence-electron chi connectivity index (χ2n) is 8.44. The summed E-state index contributed by atoms with van der Waals surface area (Å²) in [5.41, 5.74) is -0.150. The Bertz CT molecular complexity index is 1370. The first-order chi connectivity index (χ1) is 17.0. The Balaban J connectivity index is 1.77. The molecule has 0 bridgehead atoms. The molecule has 0 saturated carbocycles. The number of nitrogens with one attached hydrogen (secondary N) is 3. The molecule has 0 saturated heterocycles. The molecule has 1 aromatic heterocycles. The van der Waals surface area contributed by atoms with Crippen LogP contribution in [0.2, 0.25) is 0 Å². The van der Waals surface area contributed by atoms with Gasteiger partial charge in [-0.3, -0.25) is 9.59 Å². The molecule has 1 atom stereocenters. The van der Waals surface area contributed by atoms with E-state index in [-0.39, 0.29) is 22.7 Å². The first-order valence-corrected chi connectivity index (χ1v) is 12.3. The molecule has 2 aromatic carbocycles. The topological polar surface area (TPSA) is 141 Å². The van der Waals surface area contributed by atoms with Crippen LogP contribution in [0.25, 0.3) is 0 Å². The number of anilines is 1. The van der Waals surface area contributed by atoms with Gasteiger partial charge in [-0.15, -0.1) is 0 Å². The third kappa shape index (κ3) is 7.18. The van der Waals surface area contributed by atoms with E-state index in [0.29, 0.717) is 0 Å². The standard InChI is InChI=1S/C25H24FN5O4S/c1-25(2,16-27)31-36(34,35)22-13-12-20(15-28-22)29-24(33)21(14-17-6-4-3-5-7-17)30-23(32)18-8-10-19(26)11-9-18/h3-13,15,21,31H,14H2,1-2H3,(H,29,33)(H,30,32)/t21-/m0/s1. The number of halogens is 1. The smallest absolute Gasteiger partial charge is 0.259 e. The van der Waals surface area contributed by atoms with E-state index in [0.717, 1.165) is 23.9 Å². The molecule has 11 heteroatoms. The van der Waals surface area contributed by atoms with E-state index < -0.39 is 39.2 Å². The minimum atomic E-state index is -4.06. The molecule has 0 fully saturated rings. The van der Waals surface area contributed by atoms with Crippen molar-refractivity contribution in [2.45, 2.75) is 36.9 Å². The van der Waals surface area contributed by atoms with Crippen molar-refractivity contribution in [3.8, 4) is 6.07 Å². The lowest BCUT2D eigenvalue weighted by Crippen LogP contribution is -2.45. The summed E-state index contributed by atoms with van der Waals surface area (Å²) in [6, 6.07) is 17.3. The van der Waals surface area contributed by atoms with Crippen LogP contribution in [0.5, 0.6) is 0 Å². The van der Waals surface area contributed by atoms with E-state index in [1.807, 2.05) is 12.1 Å². The molecule has 2 amide bonds. The van der Waals surface area contributed by atoms with Crippen LogP contribution in [-0.4, -0.2) is 36.8 Å². The maximum Gasteiger partial charge on any atom is 0.259 e. The number of rotatable bonds is 9. The number of hydrogen-bond acceptors (Lipinski definition) is 6.